The van der Waals surface area contributed by atoms with Crippen molar-refractivity contribution in [1.29, 1.82) is 0 Å². The number of benzene rings is 1. The van der Waals surface area contributed by atoms with E-state index in [0.717, 1.165) is 11.3 Å². The van der Waals surface area contributed by atoms with Gasteiger partial charge in [-0.1, -0.05) is 30.3 Å². The molecule has 0 aliphatic heterocycles. The Morgan fingerprint density at radius 3 is 2.64 bits per heavy atom. The highest BCUT2D eigenvalue weighted by Crippen LogP contribution is 2.17. The van der Waals surface area contributed by atoms with Crippen molar-refractivity contribution in [3.05, 3.63) is 65.3 Å². The normalized spacial score (nSPS) is 10.9. The van der Waals surface area contributed by atoms with E-state index in [9.17, 15) is 4.79 Å². The minimum Gasteiger partial charge on any atom is -0.312 e. The topological polar surface area (TPSA) is 89.4 Å². The number of aromatic nitrogens is 6. The fraction of sp³-hybridized carbons (Fsp3) is 0. The second-order valence-corrected chi connectivity index (χ2v) is 4.67. The summed E-state index contributed by atoms with van der Waals surface area (Å²) >= 11 is 0. The fourth-order valence-corrected chi connectivity index (χ4v) is 2.22. The molecule has 7 heteroatoms. The molecule has 106 valence electrons. The molecule has 4 rings (SSSR count). The molecule has 1 aromatic carbocycles. The van der Waals surface area contributed by atoms with Crippen LogP contribution in [-0.2, 0) is 0 Å². The van der Waals surface area contributed by atoms with Crippen LogP contribution < -0.4 is 5.56 Å². The number of rotatable bonds is 2. The van der Waals surface area contributed by atoms with E-state index in [-0.39, 0.29) is 5.56 Å². The summed E-state index contributed by atoms with van der Waals surface area (Å²) in [5.41, 5.74) is 1.98. The maximum absolute atomic E-state index is 11.7. The molecule has 0 spiro atoms. The summed E-state index contributed by atoms with van der Waals surface area (Å²) in [6.45, 7) is 0. The van der Waals surface area contributed by atoms with E-state index in [1.54, 1.807) is 6.07 Å². The van der Waals surface area contributed by atoms with E-state index in [0.29, 0.717) is 16.9 Å². The summed E-state index contributed by atoms with van der Waals surface area (Å²) in [6, 6.07) is 13.4. The van der Waals surface area contributed by atoms with E-state index in [4.69, 9.17) is 0 Å². The first-order valence-electron chi connectivity index (χ1n) is 6.64. The van der Waals surface area contributed by atoms with Gasteiger partial charge in [-0.05, 0) is 12.1 Å². The molecule has 0 atom stereocenters. The van der Waals surface area contributed by atoms with E-state index in [1.165, 1.54) is 17.2 Å². The number of nitrogens with one attached hydrogen (secondary N) is 1. The zero-order valence-corrected chi connectivity index (χ0v) is 11.3. The van der Waals surface area contributed by atoms with Gasteiger partial charge in [0.25, 0.3) is 5.56 Å². The number of aromatic amines is 1. The van der Waals surface area contributed by atoms with Crippen LogP contribution in [0.2, 0.25) is 0 Å². The Hall–Kier alpha value is -3.35. The van der Waals surface area contributed by atoms with Gasteiger partial charge < -0.3 is 4.98 Å². The summed E-state index contributed by atoms with van der Waals surface area (Å²) in [6.07, 6.45) is 2.81. The second-order valence-electron chi connectivity index (χ2n) is 4.67. The number of hydrogen-bond donors (Lipinski definition) is 1. The van der Waals surface area contributed by atoms with Gasteiger partial charge in [0.1, 0.15) is 5.39 Å². The molecule has 1 N–H and O–H groups in total. The molecule has 0 saturated heterocycles. The van der Waals surface area contributed by atoms with Crippen LogP contribution in [0, 0.1) is 0 Å². The summed E-state index contributed by atoms with van der Waals surface area (Å²) in [5, 5.41) is 13.0. The Kier molecular flexibility index (Phi) is 2.75. The van der Waals surface area contributed by atoms with Gasteiger partial charge in [0, 0.05) is 5.56 Å². The van der Waals surface area contributed by atoms with Gasteiger partial charge in [0.15, 0.2) is 11.5 Å². The summed E-state index contributed by atoms with van der Waals surface area (Å²) in [7, 11) is 0. The predicted octanol–water partition coefficient (Wildman–Crippen LogP) is 1.57. The molecule has 0 amide bonds. The molecule has 3 aromatic heterocycles. The van der Waals surface area contributed by atoms with Crippen LogP contribution in [0.15, 0.2) is 59.8 Å². The van der Waals surface area contributed by atoms with E-state index < -0.39 is 0 Å². The smallest absolute Gasteiger partial charge is 0.261 e. The van der Waals surface area contributed by atoms with Gasteiger partial charge >= 0.3 is 0 Å². The molecule has 22 heavy (non-hydrogen) atoms. The molecule has 7 nitrogen and oxygen atoms in total. The van der Waals surface area contributed by atoms with Crippen LogP contribution in [-0.4, -0.2) is 29.9 Å². The van der Waals surface area contributed by atoms with Crippen molar-refractivity contribution in [3.8, 4) is 17.1 Å². The quantitative estimate of drug-likeness (QED) is 0.605. The maximum Gasteiger partial charge on any atom is 0.261 e. The standard InChI is InChI=1S/C15H10N6O/c22-15-11-8-18-21(14(11)16-9-17-15)13-7-6-12(19-20-13)10-4-2-1-3-5-10/h1-9H,(H,16,17,22). The highest BCUT2D eigenvalue weighted by atomic mass is 16.1. The highest BCUT2D eigenvalue weighted by molar-refractivity contribution is 5.74. The lowest BCUT2D eigenvalue weighted by atomic mass is 10.1. The van der Waals surface area contributed by atoms with E-state index >= 15 is 0 Å². The maximum atomic E-state index is 11.7. The summed E-state index contributed by atoms with van der Waals surface area (Å²) in [5.74, 6) is 0.507. The first-order chi connectivity index (χ1) is 10.8. The summed E-state index contributed by atoms with van der Waals surface area (Å²) in [4.78, 5) is 18.3. The van der Waals surface area contributed by atoms with Crippen LogP contribution in [0.4, 0.5) is 0 Å². The minimum absolute atomic E-state index is 0.231. The average molecular weight is 290 g/mol. The molecule has 4 aromatic rings. The molecule has 0 fully saturated rings. The van der Waals surface area contributed by atoms with Crippen LogP contribution in [0.5, 0.6) is 0 Å². The Morgan fingerprint density at radius 1 is 1.00 bits per heavy atom. The van der Waals surface area contributed by atoms with Gasteiger partial charge in [0.2, 0.25) is 0 Å². The molecular formula is C15H10N6O. The molecule has 0 aliphatic rings. The van der Waals surface area contributed by atoms with Crippen molar-refractivity contribution in [1.82, 2.24) is 29.9 Å². The average Bonchev–Trinajstić information content (AvgIpc) is 3.01. The third-order valence-corrected chi connectivity index (χ3v) is 3.31. The van der Waals surface area contributed by atoms with Gasteiger partial charge in [-0.15, -0.1) is 10.2 Å². The van der Waals surface area contributed by atoms with Crippen LogP contribution in [0.3, 0.4) is 0 Å². The first kappa shape index (κ1) is 12.4. The SMILES string of the molecule is O=c1[nH]cnc2c1cnn2-c1ccc(-c2ccccc2)nn1. The van der Waals surface area contributed by atoms with Crippen molar-refractivity contribution in [2.75, 3.05) is 0 Å². The molecule has 0 bridgehead atoms. The Labute approximate surface area is 124 Å². The van der Waals surface area contributed by atoms with Gasteiger partial charge in [0.05, 0.1) is 18.2 Å². The zero-order chi connectivity index (χ0) is 14.9. The molecule has 0 unspecified atom stereocenters. The van der Waals surface area contributed by atoms with Crippen molar-refractivity contribution >= 4 is 11.0 Å². The lowest BCUT2D eigenvalue weighted by molar-refractivity contribution is 0.828. The second kappa shape index (κ2) is 4.88. The molecule has 0 aliphatic carbocycles. The third-order valence-electron chi connectivity index (χ3n) is 3.31. The number of hydrogen-bond acceptors (Lipinski definition) is 5. The van der Waals surface area contributed by atoms with Crippen LogP contribution >= 0.6 is 0 Å². The Bertz CT molecular complexity index is 988. The molecule has 0 radical (unpaired) electrons. The van der Waals surface area contributed by atoms with Crippen LogP contribution in [0.25, 0.3) is 28.1 Å². The fourth-order valence-electron chi connectivity index (χ4n) is 2.22. The molecule has 0 saturated carbocycles. The predicted molar refractivity (Wildman–Crippen MR) is 80.5 cm³/mol. The number of H-pyrrole nitrogens is 1. The zero-order valence-electron chi connectivity index (χ0n) is 11.3. The summed E-state index contributed by atoms with van der Waals surface area (Å²) < 4.78 is 1.49. The highest BCUT2D eigenvalue weighted by Gasteiger charge is 2.10. The van der Waals surface area contributed by atoms with E-state index in [2.05, 4.69) is 25.3 Å². The monoisotopic (exact) mass is 290 g/mol. The van der Waals surface area contributed by atoms with E-state index in [1.807, 2.05) is 36.4 Å². The third kappa shape index (κ3) is 1.96. The van der Waals surface area contributed by atoms with Crippen LogP contribution in [0.1, 0.15) is 0 Å². The van der Waals surface area contributed by atoms with Gasteiger partial charge in [-0.3, -0.25) is 4.79 Å². The largest absolute Gasteiger partial charge is 0.312 e. The number of nitrogens with zero attached hydrogens (tertiary/aromatic N) is 5. The first-order valence-corrected chi connectivity index (χ1v) is 6.64. The van der Waals surface area contributed by atoms with Crippen molar-refractivity contribution in [3.63, 3.8) is 0 Å². The number of fused-ring (bicyclic) bond motifs is 1. The Balaban J connectivity index is 1.80. The lowest BCUT2D eigenvalue weighted by Gasteiger charge is -2.03. The molecule has 3 heterocycles. The lowest BCUT2D eigenvalue weighted by Crippen LogP contribution is -2.07. The van der Waals surface area contributed by atoms with Crippen molar-refractivity contribution < 1.29 is 0 Å². The van der Waals surface area contributed by atoms with Crippen molar-refractivity contribution in [2.45, 2.75) is 0 Å². The minimum atomic E-state index is -0.231. The van der Waals surface area contributed by atoms with Gasteiger partial charge in [-0.2, -0.15) is 9.78 Å². The Morgan fingerprint density at radius 2 is 1.86 bits per heavy atom. The van der Waals surface area contributed by atoms with Crippen molar-refractivity contribution in [2.24, 2.45) is 0 Å². The molecular weight excluding hydrogens is 280 g/mol. The van der Waals surface area contributed by atoms with Gasteiger partial charge in [-0.25, -0.2) is 4.98 Å².